The van der Waals surface area contributed by atoms with Gasteiger partial charge in [0.2, 0.25) is 0 Å². The maximum absolute atomic E-state index is 5.46. The number of hydrogen-bond donors (Lipinski definition) is 1. The molecule has 1 N–H and O–H groups in total. The zero-order chi connectivity index (χ0) is 14.5. The minimum absolute atomic E-state index is 0.728. The Hall–Kier alpha value is -1.59. The summed E-state index contributed by atoms with van der Waals surface area (Å²) in [6.07, 6.45) is 5.09. The van der Waals surface area contributed by atoms with E-state index >= 15 is 0 Å². The van der Waals surface area contributed by atoms with E-state index < -0.39 is 0 Å². The number of aromatic nitrogens is 2. The highest BCUT2D eigenvalue weighted by Crippen LogP contribution is 2.19. The summed E-state index contributed by atoms with van der Waals surface area (Å²) in [6.45, 7) is 3.11. The fourth-order valence-electron chi connectivity index (χ4n) is 2.33. The van der Waals surface area contributed by atoms with Crippen molar-refractivity contribution < 1.29 is 4.74 Å². The van der Waals surface area contributed by atoms with Crippen molar-refractivity contribution in [2.45, 2.75) is 13.0 Å². The molecule has 1 aliphatic heterocycles. The smallest absolute Gasteiger partial charge is 0.124 e. The van der Waals surface area contributed by atoms with Gasteiger partial charge in [-0.3, -0.25) is 0 Å². The third-order valence-electron chi connectivity index (χ3n) is 3.47. The van der Waals surface area contributed by atoms with Crippen LogP contribution in [0.15, 0.2) is 52.7 Å². The van der Waals surface area contributed by atoms with Crippen LogP contribution in [0.3, 0.4) is 0 Å². The Balaban J connectivity index is 1.66. The standard InChI is InChI=1S/C16H18BrN3O/c17-15-6-2-1-5-14(15)11-20-16(7-8-19-20)18-10-13-4-3-9-21-12-13/h1-2,4-8,18H,3,9-12H2. The molecular formula is C16H18BrN3O. The SMILES string of the molecule is Brc1ccccc1Cn1nccc1NCC1=CCCOC1. The van der Waals surface area contributed by atoms with Crippen LogP contribution >= 0.6 is 15.9 Å². The number of nitrogens with one attached hydrogen (secondary N) is 1. The Bertz CT molecular complexity index is 636. The molecule has 0 saturated carbocycles. The van der Waals surface area contributed by atoms with Gasteiger partial charge in [0.15, 0.2) is 0 Å². The lowest BCUT2D eigenvalue weighted by Crippen LogP contribution is -2.16. The zero-order valence-corrected chi connectivity index (χ0v) is 13.3. The van der Waals surface area contributed by atoms with Crippen LogP contribution in [-0.4, -0.2) is 29.5 Å². The Kier molecular flexibility index (Phi) is 4.72. The van der Waals surface area contributed by atoms with E-state index in [2.05, 4.69) is 44.6 Å². The van der Waals surface area contributed by atoms with Crippen LogP contribution < -0.4 is 5.32 Å². The summed E-state index contributed by atoms with van der Waals surface area (Å²) in [5.41, 5.74) is 2.51. The highest BCUT2D eigenvalue weighted by Gasteiger charge is 2.07. The molecule has 0 bridgehead atoms. The van der Waals surface area contributed by atoms with E-state index in [9.17, 15) is 0 Å². The molecule has 0 atom stereocenters. The fourth-order valence-corrected chi connectivity index (χ4v) is 2.74. The van der Waals surface area contributed by atoms with Crippen molar-refractivity contribution in [3.63, 3.8) is 0 Å². The van der Waals surface area contributed by atoms with Gasteiger partial charge in [-0.15, -0.1) is 0 Å². The highest BCUT2D eigenvalue weighted by atomic mass is 79.9. The van der Waals surface area contributed by atoms with Crippen LogP contribution in [0.5, 0.6) is 0 Å². The van der Waals surface area contributed by atoms with Crippen molar-refractivity contribution in [2.75, 3.05) is 25.1 Å². The van der Waals surface area contributed by atoms with Gasteiger partial charge in [0.25, 0.3) is 0 Å². The fraction of sp³-hybridized carbons (Fsp3) is 0.312. The van der Waals surface area contributed by atoms with E-state index in [0.29, 0.717) is 0 Å². The van der Waals surface area contributed by atoms with E-state index in [1.165, 1.54) is 11.1 Å². The molecule has 1 aromatic heterocycles. The predicted molar refractivity (Wildman–Crippen MR) is 87.5 cm³/mol. The van der Waals surface area contributed by atoms with Gasteiger partial charge in [-0.05, 0) is 23.6 Å². The third kappa shape index (κ3) is 3.74. The molecule has 0 spiro atoms. The number of benzene rings is 1. The van der Waals surface area contributed by atoms with Crippen molar-refractivity contribution in [1.29, 1.82) is 0 Å². The molecule has 0 radical (unpaired) electrons. The first-order chi connectivity index (χ1) is 10.3. The third-order valence-corrected chi connectivity index (χ3v) is 4.25. The van der Waals surface area contributed by atoms with Crippen molar-refractivity contribution in [3.05, 3.63) is 58.2 Å². The molecule has 0 amide bonds. The van der Waals surface area contributed by atoms with Gasteiger partial charge in [0.05, 0.1) is 26.0 Å². The molecule has 3 rings (SSSR count). The van der Waals surface area contributed by atoms with E-state index in [4.69, 9.17) is 4.74 Å². The van der Waals surface area contributed by atoms with Crippen LogP contribution in [0.25, 0.3) is 0 Å². The molecule has 110 valence electrons. The van der Waals surface area contributed by atoms with E-state index in [1.54, 1.807) is 0 Å². The molecule has 1 aliphatic rings. The molecule has 0 fully saturated rings. The quantitative estimate of drug-likeness (QED) is 0.842. The van der Waals surface area contributed by atoms with Gasteiger partial charge in [-0.1, -0.05) is 40.2 Å². The van der Waals surface area contributed by atoms with Crippen molar-refractivity contribution in [2.24, 2.45) is 0 Å². The normalized spacial score (nSPS) is 14.8. The Morgan fingerprint density at radius 1 is 1.29 bits per heavy atom. The van der Waals surface area contributed by atoms with Gasteiger partial charge in [0, 0.05) is 17.1 Å². The molecule has 1 aromatic carbocycles. The average Bonchev–Trinajstić information content (AvgIpc) is 2.96. The van der Waals surface area contributed by atoms with E-state index in [0.717, 1.165) is 43.0 Å². The van der Waals surface area contributed by atoms with Crippen LogP contribution in [0.1, 0.15) is 12.0 Å². The van der Waals surface area contributed by atoms with Crippen molar-refractivity contribution in [1.82, 2.24) is 9.78 Å². The van der Waals surface area contributed by atoms with Crippen molar-refractivity contribution in [3.8, 4) is 0 Å². The predicted octanol–water partition coefficient (Wildman–Crippen LogP) is 3.45. The lowest BCUT2D eigenvalue weighted by Gasteiger charge is -2.16. The monoisotopic (exact) mass is 347 g/mol. The van der Waals surface area contributed by atoms with Crippen LogP contribution in [0, 0.1) is 0 Å². The number of ether oxygens (including phenoxy) is 1. The molecule has 2 heterocycles. The number of rotatable bonds is 5. The number of halogens is 1. The Labute approximate surface area is 132 Å². The summed E-state index contributed by atoms with van der Waals surface area (Å²) < 4.78 is 8.54. The Morgan fingerprint density at radius 3 is 3.00 bits per heavy atom. The molecule has 0 unspecified atom stereocenters. The second kappa shape index (κ2) is 6.91. The molecule has 4 nitrogen and oxygen atoms in total. The van der Waals surface area contributed by atoms with Gasteiger partial charge in [-0.2, -0.15) is 5.10 Å². The largest absolute Gasteiger partial charge is 0.377 e. The Morgan fingerprint density at radius 2 is 2.19 bits per heavy atom. The average molecular weight is 348 g/mol. The van der Waals surface area contributed by atoms with Crippen LogP contribution in [0.4, 0.5) is 5.82 Å². The van der Waals surface area contributed by atoms with Gasteiger partial charge >= 0.3 is 0 Å². The first-order valence-corrected chi connectivity index (χ1v) is 7.87. The first kappa shape index (κ1) is 14.4. The lowest BCUT2D eigenvalue weighted by atomic mass is 10.2. The second-order valence-electron chi connectivity index (χ2n) is 5.02. The zero-order valence-electron chi connectivity index (χ0n) is 11.8. The number of hydrogen-bond acceptors (Lipinski definition) is 3. The van der Waals surface area contributed by atoms with Gasteiger partial charge in [-0.25, -0.2) is 4.68 Å². The molecule has 21 heavy (non-hydrogen) atoms. The van der Waals surface area contributed by atoms with Crippen LogP contribution in [0.2, 0.25) is 0 Å². The minimum Gasteiger partial charge on any atom is -0.377 e. The molecule has 0 aliphatic carbocycles. The number of nitrogens with zero attached hydrogens (tertiary/aromatic N) is 2. The van der Waals surface area contributed by atoms with Crippen molar-refractivity contribution >= 4 is 21.7 Å². The lowest BCUT2D eigenvalue weighted by molar-refractivity contribution is 0.150. The maximum Gasteiger partial charge on any atom is 0.124 e. The summed E-state index contributed by atoms with van der Waals surface area (Å²) in [7, 11) is 0. The summed E-state index contributed by atoms with van der Waals surface area (Å²) in [5.74, 6) is 1.03. The van der Waals surface area contributed by atoms with E-state index in [1.807, 2.05) is 29.1 Å². The molecule has 2 aromatic rings. The first-order valence-electron chi connectivity index (χ1n) is 7.07. The molecular weight excluding hydrogens is 330 g/mol. The summed E-state index contributed by atoms with van der Waals surface area (Å²) in [4.78, 5) is 0. The summed E-state index contributed by atoms with van der Waals surface area (Å²) in [6, 6.07) is 10.2. The molecule has 0 saturated heterocycles. The topological polar surface area (TPSA) is 39.1 Å². The second-order valence-corrected chi connectivity index (χ2v) is 5.88. The van der Waals surface area contributed by atoms with Gasteiger partial charge in [0.1, 0.15) is 5.82 Å². The highest BCUT2D eigenvalue weighted by molar-refractivity contribution is 9.10. The number of anilines is 1. The van der Waals surface area contributed by atoms with Gasteiger partial charge < -0.3 is 10.1 Å². The van der Waals surface area contributed by atoms with Crippen LogP contribution in [-0.2, 0) is 11.3 Å². The summed E-state index contributed by atoms with van der Waals surface area (Å²) in [5, 5.41) is 7.84. The maximum atomic E-state index is 5.46. The summed E-state index contributed by atoms with van der Waals surface area (Å²) >= 11 is 3.58. The molecule has 5 heteroatoms. The minimum atomic E-state index is 0.728. The van der Waals surface area contributed by atoms with E-state index in [-0.39, 0.29) is 0 Å².